The first-order valence-corrected chi connectivity index (χ1v) is 27.2. The topological polar surface area (TPSA) is 208 Å². The molecule has 2 atom stereocenters. The SMILES string of the molecule is Cc1nc(F)ccc1[C@H](Cc1cc(Cl)c2ncc(C#N)c(NCC(C)(C)C)c2c1)c1nnn(C2CC2)c1C#N.Cc1nc(F)ccc1[C@H](Cc1cc(Cl)c2ncc(C#N)c(NCC(C)(C)C)c2c1)c1nnn(C2CC2)c1I. The van der Waals surface area contributed by atoms with Crippen molar-refractivity contribution in [2.24, 2.45) is 10.8 Å². The molecule has 2 aliphatic rings. The Balaban J connectivity index is 0.000000188. The molecule has 2 aliphatic carbocycles. The van der Waals surface area contributed by atoms with Crippen molar-refractivity contribution in [3.8, 4) is 18.2 Å². The van der Waals surface area contributed by atoms with Gasteiger partial charge in [0.1, 0.15) is 33.3 Å². The van der Waals surface area contributed by atoms with Gasteiger partial charge in [-0.3, -0.25) is 9.97 Å². The van der Waals surface area contributed by atoms with E-state index in [-0.39, 0.29) is 22.8 Å². The number of fused-ring (bicyclic) bond motifs is 2. The third-order valence-electron chi connectivity index (χ3n) is 13.6. The molecule has 2 fully saturated rings. The molecular weight excluding hydrogens is 1130 g/mol. The molecule has 15 nitrogen and oxygen atoms in total. The van der Waals surface area contributed by atoms with Gasteiger partial charge in [-0.25, -0.2) is 19.3 Å². The van der Waals surface area contributed by atoms with Crippen molar-refractivity contribution >= 4 is 79.0 Å². The zero-order valence-corrected chi connectivity index (χ0v) is 47.6. The molecule has 2 aromatic carbocycles. The number of aryl methyl sites for hydroxylation is 2. The summed E-state index contributed by atoms with van der Waals surface area (Å²) in [6, 6.07) is 21.3. The summed E-state index contributed by atoms with van der Waals surface area (Å²) in [4.78, 5) is 17.1. The highest BCUT2D eigenvalue weighted by Gasteiger charge is 2.34. The van der Waals surface area contributed by atoms with Crippen LogP contribution in [0, 0.1) is 74.3 Å². The quantitative estimate of drug-likeness (QED) is 0.0768. The standard InChI is InChI=1S/C29H28ClFN8.C28H28ClFIN7/c1-16-20(7-8-25(31)36-16)21(28-24(13-33)39(38-37-28)19-5-6-19)9-17-10-22-26(35-15-29(2,3)4)18(12-32)14-34-27(22)23(30)11-17;1-15-19(7-8-23(30)35-15)20(26-27(31)38(37-36-26)18-5-6-18)9-16-10-21-24(34-14-28(2,3)4)17(12-32)13-33-25(21)22(29)11-16/h7-8,10-11,14,19,21H,5-6,9,15H2,1-4H3,(H,34,35);7-8,10-11,13,18,20H,5-6,9,14H2,1-4H3,(H,33,34)/t21-;20-/m00/s1. The Morgan fingerprint density at radius 2 is 1.08 bits per heavy atom. The number of hydrogen-bond acceptors (Lipinski definition) is 13. The molecular formula is C57H56Cl2F2IN15. The van der Waals surface area contributed by atoms with Crippen molar-refractivity contribution in [2.75, 3.05) is 23.7 Å². The number of hydrogen-bond donors (Lipinski definition) is 2. The van der Waals surface area contributed by atoms with Crippen LogP contribution in [0.2, 0.25) is 10.0 Å². The number of benzene rings is 2. The molecule has 2 saturated carbocycles. The molecule has 0 radical (unpaired) electrons. The molecule has 0 unspecified atom stereocenters. The summed E-state index contributed by atoms with van der Waals surface area (Å²) in [5, 5.41) is 56.8. The Morgan fingerprint density at radius 3 is 1.49 bits per heavy atom. The molecule has 0 aliphatic heterocycles. The summed E-state index contributed by atoms with van der Waals surface area (Å²) in [6.07, 6.45) is 8.14. The normalized spacial score (nSPS) is 14.3. The Labute approximate surface area is 469 Å². The molecule has 6 heterocycles. The molecule has 0 bridgehead atoms. The highest BCUT2D eigenvalue weighted by atomic mass is 127. The summed E-state index contributed by atoms with van der Waals surface area (Å²) in [7, 11) is 0. The number of nitrogens with one attached hydrogen (secondary N) is 2. The lowest BCUT2D eigenvalue weighted by Gasteiger charge is -2.22. The second-order valence-corrected chi connectivity index (χ2v) is 24.1. The van der Waals surface area contributed by atoms with Crippen LogP contribution in [0.1, 0.15) is 153 Å². The maximum absolute atomic E-state index is 14.0. The van der Waals surface area contributed by atoms with E-state index in [1.54, 1.807) is 29.9 Å². The molecule has 394 valence electrons. The van der Waals surface area contributed by atoms with Gasteiger partial charge in [-0.2, -0.15) is 24.6 Å². The lowest BCUT2D eigenvalue weighted by atomic mass is 9.87. The van der Waals surface area contributed by atoms with Gasteiger partial charge in [0.25, 0.3) is 0 Å². The minimum absolute atomic E-state index is 0.00595. The highest BCUT2D eigenvalue weighted by Crippen LogP contribution is 2.42. The molecule has 0 saturated heterocycles. The Hall–Kier alpha value is -6.92. The summed E-state index contributed by atoms with van der Waals surface area (Å²) in [5.41, 5.74) is 9.81. The van der Waals surface area contributed by atoms with E-state index in [1.807, 2.05) is 35.9 Å². The van der Waals surface area contributed by atoms with Crippen molar-refractivity contribution in [2.45, 2.75) is 118 Å². The molecule has 10 rings (SSSR count). The molecule has 8 aromatic rings. The smallest absolute Gasteiger partial charge is 0.213 e. The van der Waals surface area contributed by atoms with Gasteiger partial charge in [-0.15, -0.1) is 10.2 Å². The van der Waals surface area contributed by atoms with Gasteiger partial charge < -0.3 is 10.6 Å². The van der Waals surface area contributed by atoms with Gasteiger partial charge in [0.05, 0.1) is 55.7 Å². The van der Waals surface area contributed by atoms with Gasteiger partial charge in [0, 0.05) is 59.5 Å². The first kappa shape index (κ1) is 54.9. The number of nitriles is 3. The van der Waals surface area contributed by atoms with Crippen molar-refractivity contribution in [3.05, 3.63) is 148 Å². The van der Waals surface area contributed by atoms with Crippen molar-refractivity contribution in [1.82, 2.24) is 49.9 Å². The van der Waals surface area contributed by atoms with Gasteiger partial charge in [-0.05, 0) is 144 Å². The van der Waals surface area contributed by atoms with Crippen LogP contribution in [0.5, 0.6) is 0 Å². The van der Waals surface area contributed by atoms with Gasteiger partial charge in [0.2, 0.25) is 11.9 Å². The summed E-state index contributed by atoms with van der Waals surface area (Å²) >= 11 is 15.8. The predicted octanol–water partition coefficient (Wildman–Crippen LogP) is 13.2. The number of halogens is 5. The van der Waals surface area contributed by atoms with E-state index in [0.29, 0.717) is 92.6 Å². The largest absolute Gasteiger partial charge is 0.383 e. The first-order chi connectivity index (χ1) is 36.6. The Morgan fingerprint density at radius 1 is 0.649 bits per heavy atom. The molecule has 2 N–H and O–H groups in total. The minimum atomic E-state index is -0.574. The number of anilines is 2. The summed E-state index contributed by atoms with van der Waals surface area (Å²) < 4.78 is 32.5. The highest BCUT2D eigenvalue weighted by molar-refractivity contribution is 14.1. The van der Waals surface area contributed by atoms with Crippen LogP contribution >= 0.6 is 45.8 Å². The van der Waals surface area contributed by atoms with Crippen LogP contribution in [-0.2, 0) is 12.8 Å². The minimum Gasteiger partial charge on any atom is -0.383 e. The van der Waals surface area contributed by atoms with Gasteiger partial charge in [-0.1, -0.05) is 87.3 Å². The average molecular weight is 1190 g/mol. The van der Waals surface area contributed by atoms with E-state index in [9.17, 15) is 24.6 Å². The van der Waals surface area contributed by atoms with E-state index in [0.717, 1.165) is 73.8 Å². The van der Waals surface area contributed by atoms with Gasteiger partial charge in [0.15, 0.2) is 5.69 Å². The molecule has 77 heavy (non-hydrogen) atoms. The molecule has 6 aromatic heterocycles. The molecule has 20 heteroatoms. The van der Waals surface area contributed by atoms with Crippen molar-refractivity contribution < 1.29 is 8.78 Å². The van der Waals surface area contributed by atoms with E-state index < -0.39 is 17.8 Å². The lowest BCUT2D eigenvalue weighted by molar-refractivity contribution is 0.443. The van der Waals surface area contributed by atoms with Crippen LogP contribution in [0.4, 0.5) is 20.2 Å². The third-order valence-corrected chi connectivity index (χ3v) is 15.2. The molecule has 0 amide bonds. The van der Waals surface area contributed by atoms with E-state index in [2.05, 4.69) is 134 Å². The van der Waals surface area contributed by atoms with Crippen LogP contribution in [0.15, 0.2) is 60.9 Å². The number of nitrogens with zero attached hydrogens (tertiary/aromatic N) is 13. The number of rotatable bonds is 14. The average Bonchev–Trinajstić information content (AvgIpc) is 4.33. The second kappa shape index (κ2) is 22.2. The van der Waals surface area contributed by atoms with Gasteiger partial charge >= 0.3 is 0 Å². The first-order valence-electron chi connectivity index (χ1n) is 25.4. The van der Waals surface area contributed by atoms with E-state index in [4.69, 9.17) is 23.2 Å². The van der Waals surface area contributed by atoms with Crippen molar-refractivity contribution in [1.29, 1.82) is 15.8 Å². The molecule has 0 spiro atoms. The van der Waals surface area contributed by atoms with Crippen LogP contribution in [-0.4, -0.2) is 63.0 Å². The summed E-state index contributed by atoms with van der Waals surface area (Å²) in [6.45, 7) is 17.6. The zero-order chi connectivity index (χ0) is 55.1. The van der Waals surface area contributed by atoms with E-state index >= 15 is 0 Å². The van der Waals surface area contributed by atoms with Crippen LogP contribution in [0.3, 0.4) is 0 Å². The number of pyridine rings is 4. The number of aromatic nitrogens is 10. The summed E-state index contributed by atoms with van der Waals surface area (Å²) in [5.74, 6) is -1.73. The Bertz CT molecular complexity index is 3700. The lowest BCUT2D eigenvalue weighted by Crippen LogP contribution is -2.19. The Kier molecular flexibility index (Phi) is 15.8. The van der Waals surface area contributed by atoms with Crippen LogP contribution < -0.4 is 10.6 Å². The fourth-order valence-corrected chi connectivity index (χ4v) is 11.0. The third kappa shape index (κ3) is 12.3. The predicted molar refractivity (Wildman–Crippen MR) is 302 cm³/mol. The van der Waals surface area contributed by atoms with Crippen molar-refractivity contribution in [3.63, 3.8) is 0 Å². The fourth-order valence-electron chi connectivity index (χ4n) is 9.41. The fraction of sp³-hybridized carbons (Fsp3) is 0.386. The monoisotopic (exact) mass is 1190 g/mol. The van der Waals surface area contributed by atoms with E-state index in [1.165, 1.54) is 18.3 Å². The zero-order valence-electron chi connectivity index (χ0n) is 43.9. The maximum atomic E-state index is 14.0. The second-order valence-electron chi connectivity index (χ2n) is 22.3. The maximum Gasteiger partial charge on any atom is 0.213 e. The van der Waals surface area contributed by atoms with Crippen LogP contribution in [0.25, 0.3) is 21.8 Å².